The van der Waals surface area contributed by atoms with Crippen LogP contribution >= 0.6 is 0 Å². The Bertz CT molecular complexity index is 703. The second-order valence-corrected chi connectivity index (χ2v) is 5.40. The van der Waals surface area contributed by atoms with E-state index in [-0.39, 0.29) is 12.1 Å². The molecule has 7 nitrogen and oxygen atoms in total. The molecule has 1 atom stereocenters. The van der Waals surface area contributed by atoms with Crippen LogP contribution in [-0.4, -0.2) is 33.9 Å². The number of benzene rings is 1. The van der Waals surface area contributed by atoms with Crippen LogP contribution in [0.1, 0.15) is 18.1 Å². The van der Waals surface area contributed by atoms with Gasteiger partial charge in [-0.15, -0.1) is 0 Å². The lowest BCUT2D eigenvalue weighted by molar-refractivity contribution is 0.177. The van der Waals surface area contributed by atoms with Crippen LogP contribution < -0.4 is 10.6 Å². The Hall–Kier alpha value is -2.48. The smallest absolute Gasteiger partial charge is 0.319 e. The minimum Gasteiger partial charge on any atom is -0.377 e. The molecule has 0 saturated heterocycles. The van der Waals surface area contributed by atoms with Gasteiger partial charge in [0.15, 0.2) is 5.82 Å². The summed E-state index contributed by atoms with van der Waals surface area (Å²) < 4.78 is 19.9. The molecule has 1 aromatic heterocycles. The molecule has 1 aliphatic heterocycles. The summed E-state index contributed by atoms with van der Waals surface area (Å²) in [6.07, 6.45) is 1.52. The highest BCUT2D eigenvalue weighted by Crippen LogP contribution is 2.14. The van der Waals surface area contributed by atoms with E-state index in [2.05, 4.69) is 20.7 Å². The van der Waals surface area contributed by atoms with Gasteiger partial charge in [0.05, 0.1) is 12.6 Å². The number of hydrogen-bond acceptors (Lipinski definition) is 4. The molecule has 8 heteroatoms. The number of anilines is 1. The second kappa shape index (κ2) is 6.74. The minimum absolute atomic E-state index is 0.0480. The zero-order valence-electron chi connectivity index (χ0n) is 12.8. The van der Waals surface area contributed by atoms with Crippen molar-refractivity contribution in [2.45, 2.75) is 32.0 Å². The van der Waals surface area contributed by atoms with Gasteiger partial charge in [0.1, 0.15) is 18.2 Å². The van der Waals surface area contributed by atoms with Gasteiger partial charge >= 0.3 is 6.03 Å². The lowest BCUT2D eigenvalue weighted by Gasteiger charge is -2.23. The molecule has 1 aromatic carbocycles. The van der Waals surface area contributed by atoms with Crippen molar-refractivity contribution in [1.82, 2.24) is 20.1 Å². The minimum atomic E-state index is -0.390. The summed E-state index contributed by atoms with van der Waals surface area (Å²) >= 11 is 0. The molecule has 0 saturated carbocycles. The normalized spacial score (nSPS) is 16.7. The Kier molecular flexibility index (Phi) is 4.52. The number of fused-ring (bicyclic) bond motifs is 1. The zero-order valence-corrected chi connectivity index (χ0v) is 12.8. The van der Waals surface area contributed by atoms with E-state index in [1.165, 1.54) is 12.1 Å². The summed E-state index contributed by atoms with van der Waals surface area (Å²) in [5.74, 6) is 1.16. The molecule has 2 aromatic rings. The van der Waals surface area contributed by atoms with Gasteiger partial charge in [0.2, 0.25) is 0 Å². The highest BCUT2D eigenvalue weighted by atomic mass is 19.1. The van der Waals surface area contributed by atoms with E-state index in [0.717, 1.165) is 18.7 Å². The maximum Gasteiger partial charge on any atom is 0.319 e. The van der Waals surface area contributed by atoms with Crippen LogP contribution in [0.4, 0.5) is 14.9 Å². The number of carbonyl (C=O) groups is 1. The molecule has 0 fully saturated rings. The summed E-state index contributed by atoms with van der Waals surface area (Å²) in [5, 5.41) is 9.85. The maximum absolute atomic E-state index is 13.1. The summed E-state index contributed by atoms with van der Waals surface area (Å²) in [5.41, 5.74) is 0.419. The Morgan fingerprint density at radius 2 is 2.39 bits per heavy atom. The van der Waals surface area contributed by atoms with Gasteiger partial charge in [-0.3, -0.25) is 0 Å². The molecule has 122 valence electrons. The van der Waals surface area contributed by atoms with Crippen molar-refractivity contribution < 1.29 is 13.9 Å². The number of hydrogen-bond donors (Lipinski definition) is 2. The number of methoxy groups -OCH3 is 1. The largest absolute Gasteiger partial charge is 0.377 e. The molecule has 2 N–H and O–H groups in total. The highest BCUT2D eigenvalue weighted by Gasteiger charge is 2.22. The number of aromatic nitrogens is 3. The Morgan fingerprint density at radius 1 is 1.52 bits per heavy atom. The molecule has 23 heavy (non-hydrogen) atoms. The molecule has 0 radical (unpaired) electrons. The van der Waals surface area contributed by atoms with Crippen LogP contribution in [0.5, 0.6) is 0 Å². The number of halogens is 1. The zero-order chi connectivity index (χ0) is 16.2. The molecule has 1 aliphatic rings. The highest BCUT2D eigenvalue weighted by molar-refractivity contribution is 5.89. The number of ether oxygens (including phenoxy) is 1. The van der Waals surface area contributed by atoms with Gasteiger partial charge in [-0.25, -0.2) is 18.9 Å². The molecule has 0 unspecified atom stereocenters. The van der Waals surface area contributed by atoms with Crippen molar-refractivity contribution in [2.75, 3.05) is 12.4 Å². The van der Waals surface area contributed by atoms with E-state index in [4.69, 9.17) is 4.74 Å². The number of nitrogens with zero attached hydrogens (tertiary/aromatic N) is 3. The number of carbonyl (C=O) groups excluding carboxylic acids is 1. The van der Waals surface area contributed by atoms with E-state index in [1.807, 2.05) is 0 Å². The van der Waals surface area contributed by atoms with Crippen LogP contribution in [0.25, 0.3) is 0 Å². The van der Waals surface area contributed by atoms with Crippen molar-refractivity contribution in [3.8, 4) is 0 Å². The number of urea groups is 1. The monoisotopic (exact) mass is 319 g/mol. The fraction of sp³-hybridized carbons (Fsp3) is 0.400. The predicted octanol–water partition coefficient (Wildman–Crippen LogP) is 1.70. The van der Waals surface area contributed by atoms with Crippen molar-refractivity contribution in [1.29, 1.82) is 0 Å². The Labute approximate surface area is 132 Å². The lowest BCUT2D eigenvalue weighted by atomic mass is 10.1. The summed E-state index contributed by atoms with van der Waals surface area (Å²) in [6, 6.07) is 5.37. The van der Waals surface area contributed by atoms with Crippen LogP contribution in [-0.2, 0) is 24.3 Å². The number of rotatable bonds is 4. The summed E-state index contributed by atoms with van der Waals surface area (Å²) in [6.45, 7) is 0.931. The van der Waals surface area contributed by atoms with Gasteiger partial charge in [-0.1, -0.05) is 6.07 Å². The third kappa shape index (κ3) is 3.84. The predicted molar refractivity (Wildman–Crippen MR) is 81.4 cm³/mol. The average Bonchev–Trinajstić information content (AvgIpc) is 2.89. The fourth-order valence-corrected chi connectivity index (χ4v) is 2.59. The number of amides is 2. The van der Waals surface area contributed by atoms with Gasteiger partial charge < -0.3 is 15.4 Å². The number of aryl methyl sites for hydroxylation is 1. The maximum atomic E-state index is 13.1. The first-order valence-corrected chi connectivity index (χ1v) is 7.38. The Morgan fingerprint density at radius 3 is 3.17 bits per heavy atom. The first kappa shape index (κ1) is 15.4. The quantitative estimate of drug-likeness (QED) is 0.899. The van der Waals surface area contributed by atoms with Crippen molar-refractivity contribution in [3.63, 3.8) is 0 Å². The van der Waals surface area contributed by atoms with Gasteiger partial charge in [-0.05, 0) is 24.6 Å². The third-order valence-electron chi connectivity index (χ3n) is 3.59. The van der Waals surface area contributed by atoms with Crippen LogP contribution in [0, 0.1) is 5.82 Å². The molecule has 3 rings (SSSR count). The van der Waals surface area contributed by atoms with E-state index < -0.39 is 5.82 Å². The van der Waals surface area contributed by atoms with E-state index in [9.17, 15) is 9.18 Å². The van der Waals surface area contributed by atoms with Crippen LogP contribution in [0.3, 0.4) is 0 Å². The Balaban J connectivity index is 1.57. The SMILES string of the molecule is COCc1nc2n(n1)C[C@@H](NC(=O)Nc1cccc(F)c1)CC2. The molecule has 0 spiro atoms. The van der Waals surface area contributed by atoms with Crippen LogP contribution in [0.15, 0.2) is 24.3 Å². The molecule has 0 aliphatic carbocycles. The molecular weight excluding hydrogens is 301 g/mol. The first-order valence-electron chi connectivity index (χ1n) is 7.38. The molecule has 2 heterocycles. The first-order chi connectivity index (χ1) is 11.1. The molecule has 2 amide bonds. The summed E-state index contributed by atoms with van der Waals surface area (Å²) in [7, 11) is 1.60. The van der Waals surface area contributed by atoms with E-state index in [0.29, 0.717) is 24.7 Å². The van der Waals surface area contributed by atoms with Crippen molar-refractivity contribution in [2.24, 2.45) is 0 Å². The van der Waals surface area contributed by atoms with E-state index >= 15 is 0 Å². The number of nitrogens with one attached hydrogen (secondary N) is 2. The van der Waals surface area contributed by atoms with E-state index in [1.54, 1.807) is 23.9 Å². The molecular formula is C15H18FN5O2. The molecule has 0 bridgehead atoms. The average molecular weight is 319 g/mol. The standard InChI is InChI=1S/C15H18FN5O2/c1-23-9-13-19-14-6-5-12(8-21(14)20-13)18-15(22)17-11-4-2-3-10(16)7-11/h2-4,7,12H,5-6,8-9H2,1H3,(H2,17,18,22)/t12-/m0/s1. The third-order valence-corrected chi connectivity index (χ3v) is 3.59. The van der Waals surface area contributed by atoms with Crippen LogP contribution in [0.2, 0.25) is 0 Å². The van der Waals surface area contributed by atoms with Gasteiger partial charge in [0, 0.05) is 19.2 Å². The van der Waals surface area contributed by atoms with Gasteiger partial charge in [0.25, 0.3) is 0 Å². The second-order valence-electron chi connectivity index (χ2n) is 5.40. The fourth-order valence-electron chi connectivity index (χ4n) is 2.59. The lowest BCUT2D eigenvalue weighted by Crippen LogP contribution is -2.43. The topological polar surface area (TPSA) is 81.1 Å². The van der Waals surface area contributed by atoms with Gasteiger partial charge in [-0.2, -0.15) is 5.10 Å². The summed E-state index contributed by atoms with van der Waals surface area (Å²) in [4.78, 5) is 16.4. The van der Waals surface area contributed by atoms with Crippen molar-refractivity contribution in [3.05, 3.63) is 41.7 Å². The van der Waals surface area contributed by atoms with Crippen molar-refractivity contribution >= 4 is 11.7 Å².